The lowest BCUT2D eigenvalue weighted by atomic mass is 10.1. The first kappa shape index (κ1) is 9.48. The van der Waals surface area contributed by atoms with E-state index in [0.29, 0.717) is 6.61 Å². The van der Waals surface area contributed by atoms with Crippen molar-refractivity contribution in [1.29, 1.82) is 5.41 Å². The summed E-state index contributed by atoms with van der Waals surface area (Å²) in [4.78, 5) is 0. The second kappa shape index (κ2) is 5.11. The molecule has 0 bridgehead atoms. The predicted molar refractivity (Wildman–Crippen MR) is 46.3 cm³/mol. The lowest BCUT2D eigenvalue weighted by Gasteiger charge is -2.22. The Morgan fingerprint density at radius 2 is 2.42 bits per heavy atom. The molecule has 1 aliphatic rings. The molecule has 3 N–H and O–H groups in total. The molecule has 0 saturated carbocycles. The van der Waals surface area contributed by atoms with Crippen LogP contribution in [0.5, 0.6) is 0 Å². The molecule has 0 aromatic carbocycles. The van der Waals surface area contributed by atoms with Crippen LogP contribution in [0.25, 0.3) is 0 Å². The van der Waals surface area contributed by atoms with Crippen LogP contribution in [0.1, 0.15) is 19.3 Å². The Kier molecular flexibility index (Phi) is 4.04. The number of nitrogens with two attached hydrogens (primary N) is 1. The van der Waals surface area contributed by atoms with Gasteiger partial charge in [0.05, 0.1) is 12.7 Å². The summed E-state index contributed by atoms with van der Waals surface area (Å²) < 4.78 is 10.6. The third-order valence-electron chi connectivity index (χ3n) is 1.84. The topological polar surface area (TPSA) is 68.3 Å². The minimum Gasteiger partial charge on any atom is -0.386 e. The van der Waals surface area contributed by atoms with Gasteiger partial charge in [-0.15, -0.1) is 0 Å². The van der Waals surface area contributed by atoms with E-state index in [4.69, 9.17) is 20.6 Å². The quantitative estimate of drug-likeness (QED) is 0.479. The Balaban J connectivity index is 2.01. The van der Waals surface area contributed by atoms with E-state index in [1.807, 2.05) is 0 Å². The van der Waals surface area contributed by atoms with Crippen molar-refractivity contribution in [1.82, 2.24) is 0 Å². The molecule has 4 heteroatoms. The van der Waals surface area contributed by atoms with Crippen molar-refractivity contribution >= 4 is 5.84 Å². The summed E-state index contributed by atoms with van der Waals surface area (Å²) in [5.41, 5.74) is 5.13. The standard InChI is InChI=1S/C8H16N2O2/c9-8(10)6-11-5-7-3-1-2-4-12-7/h7H,1-6H2,(H3,9,10). The summed E-state index contributed by atoms with van der Waals surface area (Å²) >= 11 is 0. The van der Waals surface area contributed by atoms with Crippen LogP contribution in [-0.2, 0) is 9.47 Å². The summed E-state index contributed by atoms with van der Waals surface area (Å²) in [6.45, 7) is 1.63. The largest absolute Gasteiger partial charge is 0.386 e. The van der Waals surface area contributed by atoms with E-state index in [-0.39, 0.29) is 18.5 Å². The summed E-state index contributed by atoms with van der Waals surface area (Å²) in [5.74, 6) is 0.0748. The maximum Gasteiger partial charge on any atom is 0.117 e. The van der Waals surface area contributed by atoms with E-state index in [2.05, 4.69) is 0 Å². The molecule has 1 atom stereocenters. The fourth-order valence-corrected chi connectivity index (χ4v) is 1.24. The summed E-state index contributed by atoms with van der Waals surface area (Å²) in [5, 5.41) is 6.92. The Morgan fingerprint density at radius 1 is 1.58 bits per heavy atom. The van der Waals surface area contributed by atoms with Gasteiger partial charge in [0.25, 0.3) is 0 Å². The van der Waals surface area contributed by atoms with Gasteiger partial charge in [0, 0.05) is 6.61 Å². The molecule has 0 aliphatic carbocycles. The molecule has 70 valence electrons. The van der Waals surface area contributed by atoms with Crippen molar-refractivity contribution in [2.45, 2.75) is 25.4 Å². The lowest BCUT2D eigenvalue weighted by molar-refractivity contribution is -0.0337. The highest BCUT2D eigenvalue weighted by atomic mass is 16.5. The Morgan fingerprint density at radius 3 is 3.00 bits per heavy atom. The van der Waals surface area contributed by atoms with Crippen LogP contribution in [-0.4, -0.2) is 31.8 Å². The van der Waals surface area contributed by atoms with E-state index in [0.717, 1.165) is 19.4 Å². The van der Waals surface area contributed by atoms with Crippen molar-refractivity contribution in [2.75, 3.05) is 19.8 Å². The SMILES string of the molecule is N=C(N)COCC1CCCCO1. The van der Waals surface area contributed by atoms with Crippen molar-refractivity contribution in [3.8, 4) is 0 Å². The first-order valence-electron chi connectivity index (χ1n) is 4.31. The zero-order chi connectivity index (χ0) is 8.81. The van der Waals surface area contributed by atoms with Crippen molar-refractivity contribution in [2.24, 2.45) is 5.73 Å². The van der Waals surface area contributed by atoms with E-state index in [1.165, 1.54) is 6.42 Å². The van der Waals surface area contributed by atoms with Crippen LogP contribution in [0.4, 0.5) is 0 Å². The summed E-state index contributed by atoms with van der Waals surface area (Å²) in [6, 6.07) is 0. The average molecular weight is 172 g/mol. The molecular formula is C8H16N2O2. The minimum atomic E-state index is 0.0748. The molecule has 1 fully saturated rings. The molecule has 0 radical (unpaired) electrons. The fourth-order valence-electron chi connectivity index (χ4n) is 1.24. The molecule has 12 heavy (non-hydrogen) atoms. The third kappa shape index (κ3) is 3.69. The van der Waals surface area contributed by atoms with Crippen molar-refractivity contribution < 1.29 is 9.47 Å². The normalized spacial score (nSPS) is 23.8. The van der Waals surface area contributed by atoms with E-state index >= 15 is 0 Å². The molecule has 0 spiro atoms. The number of hydrogen-bond acceptors (Lipinski definition) is 3. The van der Waals surface area contributed by atoms with Gasteiger partial charge in [0.2, 0.25) is 0 Å². The monoisotopic (exact) mass is 172 g/mol. The van der Waals surface area contributed by atoms with E-state index in [9.17, 15) is 0 Å². The number of hydrogen-bond donors (Lipinski definition) is 2. The molecular weight excluding hydrogens is 156 g/mol. The predicted octanol–water partition coefficient (Wildman–Crippen LogP) is 0.508. The van der Waals surface area contributed by atoms with Crippen LogP contribution in [0.3, 0.4) is 0 Å². The minimum absolute atomic E-state index is 0.0748. The fraction of sp³-hybridized carbons (Fsp3) is 0.875. The van der Waals surface area contributed by atoms with Gasteiger partial charge in [-0.3, -0.25) is 5.41 Å². The maximum absolute atomic E-state index is 6.92. The van der Waals surface area contributed by atoms with E-state index in [1.54, 1.807) is 0 Å². The van der Waals surface area contributed by atoms with Gasteiger partial charge in [-0.2, -0.15) is 0 Å². The molecule has 1 saturated heterocycles. The second-order valence-electron chi connectivity index (χ2n) is 3.03. The number of nitrogens with one attached hydrogen (secondary N) is 1. The van der Waals surface area contributed by atoms with Crippen molar-refractivity contribution in [3.63, 3.8) is 0 Å². The van der Waals surface area contributed by atoms with Crippen LogP contribution >= 0.6 is 0 Å². The maximum atomic E-state index is 6.92. The van der Waals surface area contributed by atoms with Gasteiger partial charge < -0.3 is 15.2 Å². The number of amidine groups is 1. The molecule has 1 heterocycles. The van der Waals surface area contributed by atoms with Crippen molar-refractivity contribution in [3.05, 3.63) is 0 Å². The highest BCUT2D eigenvalue weighted by molar-refractivity contribution is 5.78. The molecule has 1 aliphatic heterocycles. The van der Waals surface area contributed by atoms with E-state index < -0.39 is 0 Å². The Hall–Kier alpha value is -0.610. The van der Waals surface area contributed by atoms with Crippen LogP contribution in [0.15, 0.2) is 0 Å². The first-order valence-corrected chi connectivity index (χ1v) is 4.31. The zero-order valence-electron chi connectivity index (χ0n) is 7.21. The third-order valence-corrected chi connectivity index (χ3v) is 1.84. The molecule has 0 amide bonds. The van der Waals surface area contributed by atoms with Gasteiger partial charge in [-0.25, -0.2) is 0 Å². The van der Waals surface area contributed by atoms with Gasteiger partial charge >= 0.3 is 0 Å². The summed E-state index contributed by atoms with van der Waals surface area (Å²) in [6.07, 6.45) is 3.66. The molecule has 1 rings (SSSR count). The van der Waals surface area contributed by atoms with Crippen LogP contribution in [0, 0.1) is 5.41 Å². The molecule has 1 unspecified atom stereocenters. The Labute approximate surface area is 72.5 Å². The zero-order valence-corrected chi connectivity index (χ0v) is 7.21. The smallest absolute Gasteiger partial charge is 0.117 e. The molecule has 4 nitrogen and oxygen atoms in total. The molecule has 0 aromatic heterocycles. The number of rotatable bonds is 4. The number of ether oxygens (including phenoxy) is 2. The van der Waals surface area contributed by atoms with Gasteiger partial charge in [-0.1, -0.05) is 0 Å². The van der Waals surface area contributed by atoms with Crippen LogP contribution in [0.2, 0.25) is 0 Å². The van der Waals surface area contributed by atoms with Gasteiger partial charge in [-0.05, 0) is 19.3 Å². The first-order chi connectivity index (χ1) is 5.79. The molecule has 0 aromatic rings. The highest BCUT2D eigenvalue weighted by Crippen LogP contribution is 2.12. The summed E-state index contributed by atoms with van der Waals surface area (Å²) in [7, 11) is 0. The van der Waals surface area contributed by atoms with Gasteiger partial charge in [0.15, 0.2) is 0 Å². The average Bonchev–Trinajstić information content (AvgIpc) is 2.05. The van der Waals surface area contributed by atoms with Crippen LogP contribution < -0.4 is 5.73 Å². The highest BCUT2D eigenvalue weighted by Gasteiger charge is 2.13. The second-order valence-corrected chi connectivity index (χ2v) is 3.03. The Bertz CT molecular complexity index is 144. The van der Waals surface area contributed by atoms with Gasteiger partial charge in [0.1, 0.15) is 12.4 Å². The lowest BCUT2D eigenvalue weighted by Crippen LogP contribution is -2.27.